The number of carbonyl (C=O) groups is 1. The molecule has 4 rings (SSSR count). The Morgan fingerprint density at radius 1 is 1.19 bits per heavy atom. The minimum absolute atomic E-state index is 0.0639. The van der Waals surface area contributed by atoms with E-state index in [-0.39, 0.29) is 11.9 Å². The standard InChI is InChI=1S/C20H19NO2S3/c1-23-14-4-6-15(7-5-14)26-13-19(22)21-10-8-17-16(9-12-25-17)20(21)18-3-2-11-24-18/h2-7,9,11-12,20H,8,10,13H2,1H3/t20-/m1/s1. The topological polar surface area (TPSA) is 29.5 Å². The summed E-state index contributed by atoms with van der Waals surface area (Å²) in [6.07, 6.45) is 0.952. The molecule has 1 amide bonds. The molecule has 26 heavy (non-hydrogen) atoms. The summed E-state index contributed by atoms with van der Waals surface area (Å²) < 4.78 is 5.19. The van der Waals surface area contributed by atoms with Crippen molar-refractivity contribution in [1.82, 2.24) is 4.90 Å². The third-order valence-corrected chi connectivity index (χ3v) is 7.44. The Bertz CT molecular complexity index is 871. The molecular formula is C20H19NO2S3. The molecule has 1 atom stereocenters. The van der Waals surface area contributed by atoms with Crippen LogP contribution in [0.4, 0.5) is 0 Å². The Labute approximate surface area is 165 Å². The van der Waals surface area contributed by atoms with Crippen LogP contribution in [-0.2, 0) is 11.2 Å². The minimum atomic E-state index is 0.0639. The quantitative estimate of drug-likeness (QED) is 0.558. The van der Waals surface area contributed by atoms with Crippen molar-refractivity contribution in [2.75, 3.05) is 19.4 Å². The van der Waals surface area contributed by atoms with Crippen molar-refractivity contribution < 1.29 is 9.53 Å². The monoisotopic (exact) mass is 401 g/mol. The van der Waals surface area contributed by atoms with Crippen LogP contribution in [0, 0.1) is 0 Å². The highest BCUT2D eigenvalue weighted by Crippen LogP contribution is 2.39. The summed E-state index contributed by atoms with van der Waals surface area (Å²) in [5.41, 5.74) is 1.30. The molecule has 0 radical (unpaired) electrons. The van der Waals surface area contributed by atoms with Crippen molar-refractivity contribution in [3.05, 3.63) is 68.5 Å². The molecule has 3 nitrogen and oxygen atoms in total. The molecule has 1 aliphatic rings. The first kappa shape index (κ1) is 17.6. The molecule has 0 unspecified atom stereocenters. The van der Waals surface area contributed by atoms with Gasteiger partial charge in [0, 0.05) is 21.2 Å². The first-order chi connectivity index (χ1) is 12.8. The van der Waals surface area contributed by atoms with E-state index in [1.807, 2.05) is 24.3 Å². The largest absolute Gasteiger partial charge is 0.497 e. The van der Waals surface area contributed by atoms with Crippen LogP contribution in [-0.4, -0.2) is 30.2 Å². The molecule has 1 aliphatic heterocycles. The van der Waals surface area contributed by atoms with Gasteiger partial charge in [0.2, 0.25) is 5.91 Å². The second-order valence-corrected chi connectivity index (χ2v) is 9.05. The van der Waals surface area contributed by atoms with Gasteiger partial charge in [-0.25, -0.2) is 0 Å². The summed E-state index contributed by atoms with van der Waals surface area (Å²) in [6, 6.07) is 14.3. The van der Waals surface area contributed by atoms with E-state index in [4.69, 9.17) is 4.74 Å². The number of carbonyl (C=O) groups excluding carboxylic acids is 1. The predicted octanol–water partition coefficient (Wildman–Crippen LogP) is 5.08. The molecule has 0 saturated heterocycles. The minimum Gasteiger partial charge on any atom is -0.497 e. The van der Waals surface area contributed by atoms with Gasteiger partial charge in [0.15, 0.2) is 0 Å². The average Bonchev–Trinajstić information content (AvgIpc) is 3.37. The Hall–Kier alpha value is -1.76. The van der Waals surface area contributed by atoms with Gasteiger partial charge in [0.05, 0.1) is 18.9 Å². The summed E-state index contributed by atoms with van der Waals surface area (Å²) in [5, 5.41) is 4.23. The van der Waals surface area contributed by atoms with Crippen molar-refractivity contribution in [3.63, 3.8) is 0 Å². The van der Waals surface area contributed by atoms with Crippen LogP contribution >= 0.6 is 34.4 Å². The molecule has 3 heterocycles. The number of nitrogens with zero attached hydrogens (tertiary/aromatic N) is 1. The van der Waals surface area contributed by atoms with Gasteiger partial charge in [0.1, 0.15) is 5.75 Å². The first-order valence-corrected chi connectivity index (χ1v) is 11.2. The van der Waals surface area contributed by atoms with Crippen LogP contribution in [0.2, 0.25) is 0 Å². The van der Waals surface area contributed by atoms with Gasteiger partial charge >= 0.3 is 0 Å². The van der Waals surface area contributed by atoms with Crippen molar-refractivity contribution in [3.8, 4) is 5.75 Å². The van der Waals surface area contributed by atoms with E-state index in [1.165, 1.54) is 15.3 Å². The third kappa shape index (κ3) is 3.54. The number of ether oxygens (including phenoxy) is 1. The van der Waals surface area contributed by atoms with Gasteiger partial charge in [-0.1, -0.05) is 6.07 Å². The van der Waals surface area contributed by atoms with Crippen LogP contribution in [0.5, 0.6) is 5.75 Å². The molecule has 2 aromatic heterocycles. The maximum atomic E-state index is 13.0. The lowest BCUT2D eigenvalue weighted by atomic mass is 9.98. The summed E-state index contributed by atoms with van der Waals surface area (Å²) in [4.78, 5) is 18.8. The lowest BCUT2D eigenvalue weighted by Crippen LogP contribution is -2.40. The van der Waals surface area contributed by atoms with E-state index in [0.717, 1.165) is 23.6 Å². The SMILES string of the molecule is COc1ccc(SCC(=O)N2CCc3sccc3[C@@H]2c2cccs2)cc1. The molecule has 0 fully saturated rings. The highest BCUT2D eigenvalue weighted by Gasteiger charge is 2.33. The molecule has 0 spiro atoms. The molecule has 3 aromatic rings. The van der Waals surface area contributed by atoms with Gasteiger partial charge in [-0.2, -0.15) is 0 Å². The molecule has 0 saturated carbocycles. The van der Waals surface area contributed by atoms with E-state index >= 15 is 0 Å². The fourth-order valence-corrected chi connectivity index (χ4v) is 5.78. The molecule has 0 N–H and O–H groups in total. The summed E-state index contributed by atoms with van der Waals surface area (Å²) >= 11 is 5.11. The summed E-state index contributed by atoms with van der Waals surface area (Å²) in [7, 11) is 1.66. The number of fused-ring (bicyclic) bond motifs is 1. The number of methoxy groups -OCH3 is 1. The fraction of sp³-hybridized carbons (Fsp3) is 0.250. The number of amides is 1. The number of benzene rings is 1. The number of rotatable bonds is 5. The second kappa shape index (κ2) is 7.86. The van der Waals surface area contributed by atoms with Crippen LogP contribution in [0.1, 0.15) is 21.4 Å². The Morgan fingerprint density at radius 3 is 2.77 bits per heavy atom. The Kier molecular flexibility index (Phi) is 5.33. The first-order valence-electron chi connectivity index (χ1n) is 8.42. The van der Waals surface area contributed by atoms with Gasteiger partial charge in [-0.05, 0) is 59.1 Å². The highest BCUT2D eigenvalue weighted by molar-refractivity contribution is 8.00. The van der Waals surface area contributed by atoms with Gasteiger partial charge < -0.3 is 9.64 Å². The van der Waals surface area contributed by atoms with Crippen LogP contribution < -0.4 is 4.74 Å². The normalized spacial score (nSPS) is 16.3. The van der Waals surface area contributed by atoms with Gasteiger partial charge in [0.25, 0.3) is 0 Å². The van der Waals surface area contributed by atoms with Crippen LogP contribution in [0.3, 0.4) is 0 Å². The molecule has 134 valence electrons. The maximum absolute atomic E-state index is 13.0. The zero-order valence-electron chi connectivity index (χ0n) is 14.4. The molecule has 0 bridgehead atoms. The Balaban J connectivity index is 1.50. The van der Waals surface area contributed by atoms with Crippen LogP contribution in [0.15, 0.2) is 58.1 Å². The molecule has 0 aliphatic carbocycles. The zero-order valence-corrected chi connectivity index (χ0v) is 16.8. The van der Waals surface area contributed by atoms with Gasteiger partial charge in [-0.15, -0.1) is 34.4 Å². The summed E-state index contributed by atoms with van der Waals surface area (Å²) in [5.74, 6) is 1.48. The fourth-order valence-electron chi connectivity index (χ4n) is 3.24. The van der Waals surface area contributed by atoms with E-state index in [0.29, 0.717) is 5.75 Å². The second-order valence-electron chi connectivity index (χ2n) is 6.02. The van der Waals surface area contributed by atoms with Crippen molar-refractivity contribution >= 4 is 40.3 Å². The molecule has 1 aromatic carbocycles. The maximum Gasteiger partial charge on any atom is 0.233 e. The number of thiophene rings is 2. The third-order valence-electron chi connectivity index (χ3n) is 4.52. The van der Waals surface area contributed by atoms with E-state index in [2.05, 4.69) is 33.9 Å². The lowest BCUT2D eigenvalue weighted by Gasteiger charge is -2.35. The van der Waals surface area contributed by atoms with Crippen molar-refractivity contribution in [2.24, 2.45) is 0 Å². The number of hydrogen-bond acceptors (Lipinski definition) is 5. The van der Waals surface area contributed by atoms with Crippen molar-refractivity contribution in [1.29, 1.82) is 0 Å². The van der Waals surface area contributed by atoms with E-state index in [1.54, 1.807) is 41.5 Å². The van der Waals surface area contributed by atoms with E-state index < -0.39 is 0 Å². The average molecular weight is 402 g/mol. The highest BCUT2D eigenvalue weighted by atomic mass is 32.2. The van der Waals surface area contributed by atoms with Gasteiger partial charge in [-0.3, -0.25) is 4.79 Å². The van der Waals surface area contributed by atoms with Crippen molar-refractivity contribution in [2.45, 2.75) is 17.4 Å². The van der Waals surface area contributed by atoms with E-state index in [9.17, 15) is 4.79 Å². The number of hydrogen-bond donors (Lipinski definition) is 0. The lowest BCUT2D eigenvalue weighted by molar-refractivity contribution is -0.130. The zero-order chi connectivity index (χ0) is 17.9. The molecular weight excluding hydrogens is 382 g/mol. The number of thioether (sulfide) groups is 1. The van der Waals surface area contributed by atoms with Crippen LogP contribution in [0.25, 0.3) is 0 Å². The smallest absolute Gasteiger partial charge is 0.233 e. The molecule has 6 heteroatoms. The Morgan fingerprint density at radius 2 is 2.04 bits per heavy atom. The predicted molar refractivity (Wildman–Crippen MR) is 110 cm³/mol. The summed E-state index contributed by atoms with van der Waals surface area (Å²) in [6.45, 7) is 0.790.